The van der Waals surface area contributed by atoms with Gasteiger partial charge < -0.3 is 20.3 Å². The van der Waals surface area contributed by atoms with Gasteiger partial charge in [0.1, 0.15) is 5.75 Å². The van der Waals surface area contributed by atoms with E-state index in [9.17, 15) is 9.59 Å². The number of amides is 3. The van der Waals surface area contributed by atoms with Crippen molar-refractivity contribution in [2.45, 2.75) is 31.8 Å². The molecule has 6 nitrogen and oxygen atoms in total. The zero-order valence-electron chi connectivity index (χ0n) is 16.1. The van der Waals surface area contributed by atoms with Gasteiger partial charge in [0, 0.05) is 29.9 Å². The average Bonchev–Trinajstić information content (AvgIpc) is 3.30. The van der Waals surface area contributed by atoms with E-state index in [1.54, 1.807) is 7.11 Å². The number of fused-ring (bicyclic) bond motifs is 2. The molecule has 28 heavy (non-hydrogen) atoms. The molecule has 1 heterocycles. The zero-order chi connectivity index (χ0) is 19.7. The molecule has 3 atom stereocenters. The highest BCUT2D eigenvalue weighted by atomic mass is 16.5. The summed E-state index contributed by atoms with van der Waals surface area (Å²) in [5, 5.41) is 6.16. The second kappa shape index (κ2) is 7.54. The number of nitrogens with zero attached hydrogens (tertiary/aromatic N) is 1. The molecule has 0 aromatic heterocycles. The maximum Gasteiger partial charge on any atom is 0.322 e. The number of hydrogen-bond donors (Lipinski definition) is 2. The number of likely N-dealkylation sites (tertiary alicyclic amines) is 1. The van der Waals surface area contributed by atoms with Crippen LogP contribution in [0.2, 0.25) is 0 Å². The first-order chi connectivity index (χ1) is 13.5. The summed E-state index contributed by atoms with van der Waals surface area (Å²) in [6, 6.07) is 15.1. The standard InChI is InChI=1S/C22H25N3O3/c1-14-10-18(28-2)8-9-19(14)24-22(27)25-13-16-11-17(25)12-20(16)23-21(26)15-6-4-3-5-7-15/h3-10,16-17,20H,11-13H2,1-2H3,(H,23,26)(H,24,27)/t16-,17-,20-/m0/s1. The highest BCUT2D eigenvalue weighted by Crippen LogP contribution is 2.38. The number of methoxy groups -OCH3 is 1. The third-order valence-electron chi connectivity index (χ3n) is 5.83. The van der Waals surface area contributed by atoms with E-state index < -0.39 is 0 Å². The summed E-state index contributed by atoms with van der Waals surface area (Å²) in [5.41, 5.74) is 2.43. The quantitative estimate of drug-likeness (QED) is 0.855. The highest BCUT2D eigenvalue weighted by molar-refractivity contribution is 5.94. The lowest BCUT2D eigenvalue weighted by Crippen LogP contribution is -2.48. The van der Waals surface area contributed by atoms with Gasteiger partial charge in [-0.2, -0.15) is 0 Å². The number of rotatable bonds is 4. The van der Waals surface area contributed by atoms with Gasteiger partial charge in [-0.3, -0.25) is 4.79 Å². The largest absolute Gasteiger partial charge is 0.497 e. The van der Waals surface area contributed by atoms with Crippen molar-refractivity contribution in [3.05, 3.63) is 59.7 Å². The number of benzene rings is 2. The molecule has 4 rings (SSSR count). The summed E-state index contributed by atoms with van der Waals surface area (Å²) in [7, 11) is 1.63. The Balaban J connectivity index is 1.35. The van der Waals surface area contributed by atoms with Crippen molar-refractivity contribution in [1.29, 1.82) is 0 Å². The molecule has 3 amide bonds. The van der Waals surface area contributed by atoms with Gasteiger partial charge in [0.15, 0.2) is 0 Å². The first kappa shape index (κ1) is 18.3. The van der Waals surface area contributed by atoms with Crippen molar-refractivity contribution in [1.82, 2.24) is 10.2 Å². The van der Waals surface area contributed by atoms with Crippen molar-refractivity contribution >= 4 is 17.6 Å². The topological polar surface area (TPSA) is 70.7 Å². The zero-order valence-corrected chi connectivity index (χ0v) is 16.1. The van der Waals surface area contributed by atoms with Crippen LogP contribution >= 0.6 is 0 Å². The smallest absolute Gasteiger partial charge is 0.322 e. The SMILES string of the molecule is COc1ccc(NC(=O)N2C[C@@H]3C[C@H]2C[C@@H]3NC(=O)c2ccccc2)c(C)c1. The highest BCUT2D eigenvalue weighted by Gasteiger charge is 2.47. The predicted octanol–water partition coefficient (Wildman–Crippen LogP) is 3.43. The second-order valence-corrected chi connectivity index (χ2v) is 7.59. The Morgan fingerprint density at radius 3 is 2.54 bits per heavy atom. The van der Waals surface area contributed by atoms with Gasteiger partial charge >= 0.3 is 6.03 Å². The Bertz CT molecular complexity index is 884. The van der Waals surface area contributed by atoms with Crippen molar-refractivity contribution in [2.75, 3.05) is 19.0 Å². The van der Waals surface area contributed by atoms with Crippen molar-refractivity contribution in [3.63, 3.8) is 0 Å². The molecule has 1 saturated carbocycles. The molecule has 0 radical (unpaired) electrons. The summed E-state index contributed by atoms with van der Waals surface area (Å²) >= 11 is 0. The number of nitrogens with one attached hydrogen (secondary N) is 2. The number of hydrogen-bond acceptors (Lipinski definition) is 3. The Morgan fingerprint density at radius 1 is 1.11 bits per heavy atom. The monoisotopic (exact) mass is 379 g/mol. The summed E-state index contributed by atoms with van der Waals surface area (Å²) < 4.78 is 5.21. The summed E-state index contributed by atoms with van der Waals surface area (Å²) in [6.45, 7) is 2.62. The van der Waals surface area contributed by atoms with Crippen LogP contribution in [0.15, 0.2) is 48.5 Å². The molecule has 0 spiro atoms. The van der Waals surface area contributed by atoms with E-state index in [-0.39, 0.29) is 24.0 Å². The van der Waals surface area contributed by atoms with Crippen LogP contribution in [0.25, 0.3) is 0 Å². The Kier molecular flexibility index (Phi) is 4.94. The second-order valence-electron chi connectivity index (χ2n) is 7.59. The van der Waals surface area contributed by atoms with Crippen molar-refractivity contribution in [3.8, 4) is 5.75 Å². The van der Waals surface area contributed by atoms with Crippen molar-refractivity contribution < 1.29 is 14.3 Å². The van der Waals surface area contributed by atoms with Crippen LogP contribution in [0, 0.1) is 12.8 Å². The molecule has 0 unspecified atom stereocenters. The minimum atomic E-state index is -0.0754. The first-order valence-electron chi connectivity index (χ1n) is 9.63. The van der Waals surface area contributed by atoms with E-state index >= 15 is 0 Å². The van der Waals surface area contributed by atoms with Crippen LogP contribution in [-0.2, 0) is 0 Å². The summed E-state index contributed by atoms with van der Waals surface area (Å²) in [4.78, 5) is 27.1. The first-order valence-corrected chi connectivity index (χ1v) is 9.63. The third kappa shape index (κ3) is 3.54. The molecule has 6 heteroatoms. The van der Waals surface area contributed by atoms with Crippen LogP contribution in [0.3, 0.4) is 0 Å². The van der Waals surface area contributed by atoms with Gasteiger partial charge in [-0.1, -0.05) is 18.2 Å². The van der Waals surface area contributed by atoms with E-state index in [0.29, 0.717) is 18.0 Å². The molecule has 146 valence electrons. The van der Waals surface area contributed by atoms with E-state index in [1.165, 1.54) is 0 Å². The van der Waals surface area contributed by atoms with E-state index in [4.69, 9.17) is 4.74 Å². The van der Waals surface area contributed by atoms with Gasteiger partial charge in [0.2, 0.25) is 0 Å². The molecule has 2 fully saturated rings. The van der Waals surface area contributed by atoms with Gasteiger partial charge in [0.05, 0.1) is 7.11 Å². The number of aryl methyl sites for hydroxylation is 1. The molecule has 2 aliphatic rings. The lowest BCUT2D eigenvalue weighted by atomic mass is 10.0. The number of ether oxygens (including phenoxy) is 1. The van der Waals surface area contributed by atoms with Crippen LogP contribution in [0.5, 0.6) is 5.75 Å². The lowest BCUT2D eigenvalue weighted by molar-refractivity contribution is 0.0915. The fourth-order valence-corrected chi connectivity index (χ4v) is 4.31. The normalized spacial score (nSPS) is 22.8. The Morgan fingerprint density at radius 2 is 1.89 bits per heavy atom. The number of carbonyl (C=O) groups excluding carboxylic acids is 2. The predicted molar refractivity (Wildman–Crippen MR) is 108 cm³/mol. The van der Waals surface area contributed by atoms with Crippen LogP contribution < -0.4 is 15.4 Å². The molecule has 2 bridgehead atoms. The van der Waals surface area contributed by atoms with Gasteiger partial charge in [-0.05, 0) is 61.6 Å². The van der Waals surface area contributed by atoms with Gasteiger partial charge in [0.25, 0.3) is 5.91 Å². The Hall–Kier alpha value is -3.02. The van der Waals surface area contributed by atoms with E-state index in [0.717, 1.165) is 29.8 Å². The third-order valence-corrected chi connectivity index (χ3v) is 5.83. The van der Waals surface area contributed by atoms with Gasteiger partial charge in [-0.15, -0.1) is 0 Å². The fourth-order valence-electron chi connectivity index (χ4n) is 4.31. The average molecular weight is 379 g/mol. The molecule has 1 saturated heterocycles. The maximum absolute atomic E-state index is 12.8. The molecule has 1 aliphatic heterocycles. The van der Waals surface area contributed by atoms with Gasteiger partial charge in [-0.25, -0.2) is 4.79 Å². The van der Waals surface area contributed by atoms with Crippen molar-refractivity contribution in [2.24, 2.45) is 5.92 Å². The fraction of sp³-hybridized carbons (Fsp3) is 0.364. The molecule has 2 aromatic rings. The van der Waals surface area contributed by atoms with Crippen LogP contribution in [0.4, 0.5) is 10.5 Å². The summed E-state index contributed by atoms with van der Waals surface area (Å²) in [5.74, 6) is 1.04. The minimum absolute atomic E-state index is 0.0389. The van der Waals surface area contributed by atoms with Crippen LogP contribution in [-0.4, -0.2) is 42.6 Å². The molecule has 1 aliphatic carbocycles. The molecule has 2 N–H and O–H groups in total. The number of piperidine rings is 1. The minimum Gasteiger partial charge on any atom is -0.497 e. The Labute approximate surface area is 164 Å². The lowest BCUT2D eigenvalue weighted by Gasteiger charge is -2.32. The number of urea groups is 1. The summed E-state index contributed by atoms with van der Waals surface area (Å²) in [6.07, 6.45) is 1.74. The number of carbonyl (C=O) groups is 2. The molecular formula is C22H25N3O3. The maximum atomic E-state index is 12.8. The van der Waals surface area contributed by atoms with Crippen LogP contribution in [0.1, 0.15) is 28.8 Å². The molecular weight excluding hydrogens is 354 g/mol. The van der Waals surface area contributed by atoms with E-state index in [2.05, 4.69) is 10.6 Å². The number of anilines is 1. The molecule has 2 aromatic carbocycles. The van der Waals surface area contributed by atoms with E-state index in [1.807, 2.05) is 60.4 Å².